The minimum atomic E-state index is -0.452. The molecule has 1 fully saturated rings. The number of amides is 1. The molecule has 0 aromatic heterocycles. The number of carbonyl (C=O) groups excluding carboxylic acids is 1. The molecule has 2 N–H and O–H groups in total. The second kappa shape index (κ2) is 7.53. The molecule has 1 aliphatic heterocycles. The van der Waals surface area contributed by atoms with Gasteiger partial charge in [0, 0.05) is 42.9 Å². The standard InChI is InChI=1S/C17H26BrN3O2/c1-17(2,3)23-16(22)21-8-4-7-20(9-10-21)14-6-5-13(12-19)15(18)11-14/h5-6,11H,4,7-10,12,19H2,1-3H3. The number of benzene rings is 1. The van der Waals surface area contributed by atoms with Crippen molar-refractivity contribution in [2.75, 3.05) is 31.1 Å². The average molecular weight is 384 g/mol. The Morgan fingerprint density at radius 1 is 1.26 bits per heavy atom. The van der Waals surface area contributed by atoms with Gasteiger partial charge < -0.3 is 20.3 Å². The van der Waals surface area contributed by atoms with E-state index in [-0.39, 0.29) is 6.09 Å². The van der Waals surface area contributed by atoms with Crippen LogP contribution in [0.4, 0.5) is 10.5 Å². The van der Waals surface area contributed by atoms with Crippen molar-refractivity contribution in [3.05, 3.63) is 28.2 Å². The van der Waals surface area contributed by atoms with E-state index in [2.05, 4.69) is 39.0 Å². The number of rotatable bonds is 2. The van der Waals surface area contributed by atoms with Crippen molar-refractivity contribution in [2.24, 2.45) is 5.73 Å². The first-order valence-corrected chi connectivity index (χ1v) is 8.81. The van der Waals surface area contributed by atoms with Crippen LogP contribution in [0, 0.1) is 0 Å². The van der Waals surface area contributed by atoms with Gasteiger partial charge in [-0.3, -0.25) is 0 Å². The topological polar surface area (TPSA) is 58.8 Å². The van der Waals surface area contributed by atoms with Crippen molar-refractivity contribution < 1.29 is 9.53 Å². The fourth-order valence-corrected chi connectivity index (χ4v) is 3.11. The maximum atomic E-state index is 12.2. The van der Waals surface area contributed by atoms with Crippen LogP contribution in [0.5, 0.6) is 0 Å². The predicted molar refractivity (Wildman–Crippen MR) is 96.7 cm³/mol. The normalized spacial score (nSPS) is 16.2. The molecule has 1 amide bonds. The molecule has 1 aromatic carbocycles. The molecule has 1 heterocycles. The van der Waals surface area contributed by atoms with E-state index in [1.165, 1.54) is 0 Å². The maximum absolute atomic E-state index is 12.2. The van der Waals surface area contributed by atoms with Gasteiger partial charge in [-0.2, -0.15) is 0 Å². The van der Waals surface area contributed by atoms with Crippen LogP contribution in [-0.4, -0.2) is 42.8 Å². The Kier molecular flexibility index (Phi) is 5.92. The lowest BCUT2D eigenvalue weighted by Crippen LogP contribution is -2.39. The molecule has 0 spiro atoms. The van der Waals surface area contributed by atoms with Crippen molar-refractivity contribution >= 4 is 27.7 Å². The van der Waals surface area contributed by atoms with Gasteiger partial charge >= 0.3 is 6.09 Å². The third-order valence-electron chi connectivity index (χ3n) is 3.77. The second-order valence-corrected chi connectivity index (χ2v) is 7.64. The van der Waals surface area contributed by atoms with Crippen molar-refractivity contribution in [3.63, 3.8) is 0 Å². The quantitative estimate of drug-likeness (QED) is 0.850. The van der Waals surface area contributed by atoms with Crippen molar-refractivity contribution in [2.45, 2.75) is 39.3 Å². The number of halogens is 1. The van der Waals surface area contributed by atoms with Gasteiger partial charge in [0.2, 0.25) is 0 Å². The van der Waals surface area contributed by atoms with Crippen molar-refractivity contribution in [3.8, 4) is 0 Å². The molecule has 5 nitrogen and oxygen atoms in total. The first-order chi connectivity index (χ1) is 10.8. The molecule has 0 bridgehead atoms. The largest absolute Gasteiger partial charge is 0.444 e. The van der Waals surface area contributed by atoms with E-state index in [0.29, 0.717) is 13.1 Å². The van der Waals surface area contributed by atoms with Gasteiger partial charge in [0.15, 0.2) is 0 Å². The van der Waals surface area contributed by atoms with Crippen LogP contribution >= 0.6 is 15.9 Å². The molecule has 0 atom stereocenters. The highest BCUT2D eigenvalue weighted by Crippen LogP contribution is 2.25. The Hall–Kier alpha value is -1.27. The Balaban J connectivity index is 2.01. The third kappa shape index (κ3) is 5.11. The summed E-state index contributed by atoms with van der Waals surface area (Å²) in [4.78, 5) is 16.3. The molecular weight excluding hydrogens is 358 g/mol. The van der Waals surface area contributed by atoms with Crippen LogP contribution in [0.15, 0.2) is 22.7 Å². The lowest BCUT2D eigenvalue weighted by atomic mass is 10.2. The molecule has 128 valence electrons. The summed E-state index contributed by atoms with van der Waals surface area (Å²) in [5, 5.41) is 0. The van der Waals surface area contributed by atoms with E-state index in [1.807, 2.05) is 20.8 Å². The Morgan fingerprint density at radius 3 is 2.61 bits per heavy atom. The highest BCUT2D eigenvalue weighted by atomic mass is 79.9. The smallest absolute Gasteiger partial charge is 0.410 e. The summed E-state index contributed by atoms with van der Waals surface area (Å²) in [6, 6.07) is 6.25. The number of nitrogens with two attached hydrogens (primary N) is 1. The summed E-state index contributed by atoms with van der Waals surface area (Å²) in [5.74, 6) is 0. The summed E-state index contributed by atoms with van der Waals surface area (Å²) < 4.78 is 6.50. The number of hydrogen-bond donors (Lipinski definition) is 1. The first-order valence-electron chi connectivity index (χ1n) is 8.01. The van der Waals surface area contributed by atoms with Gasteiger partial charge in [0.05, 0.1) is 0 Å². The van der Waals surface area contributed by atoms with Gasteiger partial charge in [-0.05, 0) is 44.9 Å². The molecule has 1 saturated heterocycles. The summed E-state index contributed by atoms with van der Waals surface area (Å²) in [5.41, 5.74) is 7.50. The minimum absolute atomic E-state index is 0.223. The van der Waals surface area contributed by atoms with Crippen LogP contribution in [0.1, 0.15) is 32.8 Å². The Morgan fingerprint density at radius 2 is 2.00 bits per heavy atom. The SMILES string of the molecule is CC(C)(C)OC(=O)N1CCCN(c2ccc(CN)c(Br)c2)CC1. The van der Waals surface area contributed by atoms with Gasteiger partial charge in [-0.1, -0.05) is 22.0 Å². The average Bonchev–Trinajstić information content (AvgIpc) is 2.71. The van der Waals surface area contributed by atoms with Gasteiger partial charge in [0.1, 0.15) is 5.60 Å². The molecule has 0 unspecified atom stereocenters. The first kappa shape index (κ1) is 18.1. The molecule has 1 aromatic rings. The summed E-state index contributed by atoms with van der Waals surface area (Å²) >= 11 is 3.57. The number of nitrogens with zero attached hydrogens (tertiary/aromatic N) is 2. The molecule has 0 radical (unpaired) electrons. The van der Waals surface area contributed by atoms with Crippen LogP contribution in [0.2, 0.25) is 0 Å². The number of hydrogen-bond acceptors (Lipinski definition) is 4. The Labute approximate surface area is 146 Å². The number of anilines is 1. The Bertz CT molecular complexity index is 557. The molecule has 23 heavy (non-hydrogen) atoms. The minimum Gasteiger partial charge on any atom is -0.444 e. The molecule has 2 rings (SSSR count). The van der Waals surface area contributed by atoms with E-state index in [9.17, 15) is 4.79 Å². The fourth-order valence-electron chi connectivity index (χ4n) is 2.58. The third-order valence-corrected chi connectivity index (χ3v) is 4.51. The number of ether oxygens (including phenoxy) is 1. The van der Waals surface area contributed by atoms with Crippen LogP contribution < -0.4 is 10.6 Å². The molecule has 6 heteroatoms. The highest BCUT2D eigenvalue weighted by Gasteiger charge is 2.24. The van der Waals surface area contributed by atoms with Crippen LogP contribution in [0.3, 0.4) is 0 Å². The van der Waals surface area contributed by atoms with Crippen LogP contribution in [0.25, 0.3) is 0 Å². The van der Waals surface area contributed by atoms with Gasteiger partial charge in [-0.25, -0.2) is 4.79 Å². The van der Waals surface area contributed by atoms with Crippen molar-refractivity contribution in [1.82, 2.24) is 4.90 Å². The fraction of sp³-hybridized carbons (Fsp3) is 0.588. The predicted octanol–water partition coefficient (Wildman–Crippen LogP) is 3.36. The lowest BCUT2D eigenvalue weighted by molar-refractivity contribution is 0.0263. The number of carbonyl (C=O) groups is 1. The second-order valence-electron chi connectivity index (χ2n) is 6.79. The zero-order valence-corrected chi connectivity index (χ0v) is 15.7. The molecule has 1 aliphatic rings. The molecule has 0 aliphatic carbocycles. The monoisotopic (exact) mass is 383 g/mol. The van der Waals surface area contributed by atoms with E-state index in [1.54, 1.807) is 4.90 Å². The lowest BCUT2D eigenvalue weighted by Gasteiger charge is -2.27. The van der Waals surface area contributed by atoms with E-state index >= 15 is 0 Å². The van der Waals surface area contributed by atoms with E-state index in [4.69, 9.17) is 10.5 Å². The summed E-state index contributed by atoms with van der Waals surface area (Å²) in [7, 11) is 0. The molecule has 0 saturated carbocycles. The maximum Gasteiger partial charge on any atom is 0.410 e. The van der Waals surface area contributed by atoms with E-state index in [0.717, 1.165) is 41.8 Å². The van der Waals surface area contributed by atoms with Gasteiger partial charge in [-0.15, -0.1) is 0 Å². The van der Waals surface area contributed by atoms with Crippen molar-refractivity contribution in [1.29, 1.82) is 0 Å². The zero-order chi connectivity index (χ0) is 17.0. The highest BCUT2D eigenvalue weighted by molar-refractivity contribution is 9.10. The summed E-state index contributed by atoms with van der Waals surface area (Å²) in [6.45, 7) is 9.33. The zero-order valence-electron chi connectivity index (χ0n) is 14.1. The van der Waals surface area contributed by atoms with Crippen LogP contribution in [-0.2, 0) is 11.3 Å². The van der Waals surface area contributed by atoms with Gasteiger partial charge in [0.25, 0.3) is 0 Å². The summed E-state index contributed by atoms with van der Waals surface area (Å²) in [6.07, 6.45) is 0.703. The van der Waals surface area contributed by atoms with E-state index < -0.39 is 5.60 Å². The molecular formula is C17H26BrN3O2.